The fraction of sp³-hybridized carbons (Fsp3) is 0.536. The van der Waals surface area contributed by atoms with E-state index in [1.165, 1.54) is 24.6 Å². The van der Waals surface area contributed by atoms with Crippen LogP contribution in [0.5, 0.6) is 0 Å². The molecule has 194 valence electrons. The van der Waals surface area contributed by atoms with Gasteiger partial charge in [-0.15, -0.1) is 0 Å². The molecular formula is C28H33ClFNO4S. The molecule has 3 unspecified atom stereocenters. The summed E-state index contributed by atoms with van der Waals surface area (Å²) in [6, 6.07) is 10.5. The predicted molar refractivity (Wildman–Crippen MR) is 138 cm³/mol. The van der Waals surface area contributed by atoms with Gasteiger partial charge < -0.3 is 9.64 Å². The molecule has 2 aromatic carbocycles. The Morgan fingerprint density at radius 2 is 1.78 bits per heavy atom. The molecule has 2 bridgehead atoms. The van der Waals surface area contributed by atoms with Crippen molar-refractivity contribution >= 4 is 33.0 Å². The van der Waals surface area contributed by atoms with E-state index in [0.717, 1.165) is 19.3 Å². The van der Waals surface area contributed by atoms with Crippen LogP contribution in [0.1, 0.15) is 57.9 Å². The molecule has 3 atom stereocenters. The summed E-state index contributed by atoms with van der Waals surface area (Å²) >= 11 is 5.99. The normalized spacial score (nSPS) is 25.3. The first-order chi connectivity index (χ1) is 17.1. The molecule has 0 aromatic heterocycles. The number of amides is 1. The van der Waals surface area contributed by atoms with Crippen molar-refractivity contribution in [2.45, 2.75) is 68.1 Å². The van der Waals surface area contributed by atoms with Gasteiger partial charge in [0.15, 0.2) is 9.84 Å². The molecule has 1 amide bonds. The number of benzene rings is 2. The first-order valence-corrected chi connectivity index (χ1v) is 14.7. The van der Waals surface area contributed by atoms with E-state index in [4.69, 9.17) is 16.3 Å². The maximum absolute atomic E-state index is 15.8. The minimum absolute atomic E-state index is 0.0154. The largest absolute Gasteiger partial charge is 0.381 e. The number of fused-ring (bicyclic) bond motifs is 2. The number of anilines is 1. The zero-order valence-corrected chi connectivity index (χ0v) is 22.3. The van der Waals surface area contributed by atoms with E-state index >= 15 is 4.39 Å². The summed E-state index contributed by atoms with van der Waals surface area (Å²) < 4.78 is 47.9. The molecule has 0 radical (unpaired) electrons. The summed E-state index contributed by atoms with van der Waals surface area (Å²) in [5.41, 5.74) is 0.603. The number of carbonyl (C=O) groups is 1. The lowest BCUT2D eigenvalue weighted by Crippen LogP contribution is -2.44. The van der Waals surface area contributed by atoms with Crippen LogP contribution in [-0.2, 0) is 24.1 Å². The van der Waals surface area contributed by atoms with Crippen LogP contribution in [0.3, 0.4) is 0 Å². The van der Waals surface area contributed by atoms with Gasteiger partial charge in [0.25, 0.3) is 0 Å². The summed E-state index contributed by atoms with van der Waals surface area (Å²) in [6.07, 6.45) is 4.67. The summed E-state index contributed by atoms with van der Waals surface area (Å²) in [4.78, 5) is 15.3. The van der Waals surface area contributed by atoms with Crippen molar-refractivity contribution in [3.8, 4) is 0 Å². The van der Waals surface area contributed by atoms with E-state index < -0.39 is 20.4 Å². The van der Waals surface area contributed by atoms with E-state index in [0.29, 0.717) is 22.4 Å². The van der Waals surface area contributed by atoms with Gasteiger partial charge in [0.1, 0.15) is 10.6 Å². The number of rotatable bonds is 6. The van der Waals surface area contributed by atoms with Crippen molar-refractivity contribution in [2.75, 3.05) is 18.1 Å². The molecule has 8 heteroatoms. The third-order valence-corrected chi connectivity index (χ3v) is 11.3. The fourth-order valence-corrected chi connectivity index (χ4v) is 8.83. The van der Waals surface area contributed by atoms with E-state index in [-0.39, 0.29) is 54.5 Å². The average Bonchev–Trinajstić information content (AvgIpc) is 3.49. The lowest BCUT2D eigenvalue weighted by molar-refractivity contribution is -0.124. The van der Waals surface area contributed by atoms with Crippen LogP contribution < -0.4 is 4.90 Å². The number of carbonyl (C=O) groups excluding carboxylic acids is 1. The van der Waals surface area contributed by atoms with Crippen molar-refractivity contribution in [1.29, 1.82) is 0 Å². The Labute approximate surface area is 217 Å². The Bertz CT molecular complexity index is 1240. The average molecular weight is 534 g/mol. The fourth-order valence-electron chi connectivity index (χ4n) is 6.62. The third-order valence-electron chi connectivity index (χ3n) is 8.48. The molecular weight excluding hydrogens is 501 g/mol. The van der Waals surface area contributed by atoms with Crippen LogP contribution in [0.25, 0.3) is 0 Å². The maximum Gasteiger partial charge on any atom is 0.230 e. The van der Waals surface area contributed by atoms with Gasteiger partial charge in [0, 0.05) is 30.2 Å². The molecule has 2 aromatic rings. The van der Waals surface area contributed by atoms with Crippen molar-refractivity contribution in [2.24, 2.45) is 17.8 Å². The van der Waals surface area contributed by atoms with Gasteiger partial charge in [-0.2, -0.15) is 0 Å². The molecule has 2 saturated carbocycles. The highest BCUT2D eigenvalue weighted by Crippen LogP contribution is 2.50. The van der Waals surface area contributed by atoms with Gasteiger partial charge in [0.2, 0.25) is 5.91 Å². The highest BCUT2D eigenvalue weighted by Gasteiger charge is 2.48. The number of hydrogen-bond donors (Lipinski definition) is 0. The van der Waals surface area contributed by atoms with Gasteiger partial charge in [0.05, 0.1) is 10.6 Å². The molecule has 0 N–H and O–H groups in total. The molecule has 5 nitrogen and oxygen atoms in total. The topological polar surface area (TPSA) is 63.7 Å². The highest BCUT2D eigenvalue weighted by atomic mass is 35.5. The molecule has 1 aliphatic heterocycles. The zero-order valence-electron chi connectivity index (χ0n) is 20.8. The lowest BCUT2D eigenvalue weighted by atomic mass is 9.87. The Morgan fingerprint density at radius 3 is 2.33 bits per heavy atom. The number of hydrogen-bond acceptors (Lipinski definition) is 4. The Morgan fingerprint density at radius 1 is 1.08 bits per heavy atom. The van der Waals surface area contributed by atoms with Crippen molar-refractivity contribution in [3.63, 3.8) is 0 Å². The second-order valence-electron chi connectivity index (χ2n) is 10.8. The van der Waals surface area contributed by atoms with E-state index in [1.807, 2.05) is 13.8 Å². The second kappa shape index (κ2) is 9.73. The van der Waals surface area contributed by atoms with Crippen LogP contribution in [0.15, 0.2) is 47.4 Å². The minimum Gasteiger partial charge on any atom is -0.381 e. The summed E-state index contributed by atoms with van der Waals surface area (Å²) in [5.74, 6) is 0.350. The van der Waals surface area contributed by atoms with Crippen LogP contribution in [-0.4, -0.2) is 33.6 Å². The first kappa shape index (κ1) is 25.7. The Kier molecular flexibility index (Phi) is 6.94. The molecule has 1 saturated heterocycles. The van der Waals surface area contributed by atoms with Crippen molar-refractivity contribution in [1.82, 2.24) is 0 Å². The Balaban J connectivity index is 1.52. The molecule has 5 rings (SSSR count). The minimum atomic E-state index is -3.88. The smallest absolute Gasteiger partial charge is 0.230 e. The van der Waals surface area contributed by atoms with Gasteiger partial charge in [-0.3, -0.25) is 4.79 Å². The first-order valence-electron chi connectivity index (χ1n) is 12.8. The molecule has 0 spiro atoms. The summed E-state index contributed by atoms with van der Waals surface area (Å²) in [6.45, 7) is 4.31. The molecule has 2 aliphatic carbocycles. The van der Waals surface area contributed by atoms with Crippen LogP contribution in [0, 0.1) is 23.6 Å². The number of nitrogens with zero attached hydrogens (tertiary/aromatic N) is 1. The number of sulfone groups is 1. The van der Waals surface area contributed by atoms with Gasteiger partial charge in [-0.1, -0.05) is 24.1 Å². The maximum atomic E-state index is 15.8. The van der Waals surface area contributed by atoms with Crippen molar-refractivity contribution in [3.05, 3.63) is 58.9 Å². The SMILES string of the molecule is CC(C)N(C(=O)C1CC2CCC1C2)c1ccc(C2(S(=O)(=O)c3ccc(Cl)cc3)CCOCC2)cc1F. The van der Waals surface area contributed by atoms with Crippen LogP contribution in [0.4, 0.5) is 10.1 Å². The highest BCUT2D eigenvalue weighted by molar-refractivity contribution is 7.92. The van der Waals surface area contributed by atoms with E-state index in [1.54, 1.807) is 29.2 Å². The van der Waals surface area contributed by atoms with E-state index in [9.17, 15) is 13.2 Å². The zero-order chi connectivity index (χ0) is 25.7. The monoisotopic (exact) mass is 533 g/mol. The molecule has 1 heterocycles. The van der Waals surface area contributed by atoms with Gasteiger partial charge in [-0.25, -0.2) is 12.8 Å². The van der Waals surface area contributed by atoms with Gasteiger partial charge in [-0.05, 0) is 99.7 Å². The third kappa shape index (κ3) is 4.27. The number of ether oxygens (including phenoxy) is 1. The molecule has 3 fully saturated rings. The quantitative estimate of drug-likeness (QED) is 0.447. The second-order valence-corrected chi connectivity index (χ2v) is 13.5. The standard InChI is InChI=1S/C28H33ClFNO4S/c1-18(2)31(27(32)24-16-19-3-4-20(24)15-19)26-10-5-21(17-25(26)30)28(11-13-35-14-12-28)36(33,34)23-8-6-22(29)7-9-23/h5-10,17-20,24H,3-4,11-16H2,1-2H3. The molecule has 36 heavy (non-hydrogen) atoms. The van der Waals surface area contributed by atoms with Crippen molar-refractivity contribution < 1.29 is 22.3 Å². The molecule has 3 aliphatic rings. The van der Waals surface area contributed by atoms with Gasteiger partial charge >= 0.3 is 0 Å². The predicted octanol–water partition coefficient (Wildman–Crippen LogP) is 6.14. The summed E-state index contributed by atoms with van der Waals surface area (Å²) in [5, 5.41) is 0.444. The summed E-state index contributed by atoms with van der Waals surface area (Å²) in [7, 11) is -3.88. The Hall–Kier alpha value is -1.96. The van der Waals surface area contributed by atoms with Crippen LogP contribution >= 0.6 is 11.6 Å². The lowest BCUT2D eigenvalue weighted by Gasteiger charge is -2.38. The van der Waals surface area contributed by atoms with Crippen LogP contribution in [0.2, 0.25) is 5.02 Å². The van der Waals surface area contributed by atoms with E-state index in [2.05, 4.69) is 0 Å². The number of halogens is 2.